The lowest BCUT2D eigenvalue weighted by molar-refractivity contribution is -0.143. The highest BCUT2D eigenvalue weighted by molar-refractivity contribution is 5.78. The van der Waals surface area contributed by atoms with Gasteiger partial charge in [0.05, 0.1) is 36.3 Å². The summed E-state index contributed by atoms with van der Waals surface area (Å²) in [5.41, 5.74) is 1.25. The molecule has 0 spiro atoms. The maximum atomic E-state index is 12.5. The molecular formula is C22H23N3O4. The zero-order valence-electron chi connectivity index (χ0n) is 16.2. The van der Waals surface area contributed by atoms with Crippen molar-refractivity contribution in [2.75, 3.05) is 6.61 Å². The number of carbonyl (C=O) groups is 2. The number of hydrogen-bond donors (Lipinski definition) is 1. The zero-order valence-corrected chi connectivity index (χ0v) is 16.2. The summed E-state index contributed by atoms with van der Waals surface area (Å²) in [6.45, 7) is 2.22. The Bertz CT molecular complexity index is 1050. The van der Waals surface area contributed by atoms with Crippen LogP contribution in [0.3, 0.4) is 0 Å². The second kappa shape index (κ2) is 9.64. The van der Waals surface area contributed by atoms with Crippen molar-refractivity contribution in [3.8, 4) is 0 Å². The third-order valence-corrected chi connectivity index (χ3v) is 4.52. The number of carbonyl (C=O) groups excluding carboxylic acids is 2. The molecule has 1 atom stereocenters. The Morgan fingerprint density at radius 3 is 2.59 bits per heavy atom. The lowest BCUT2D eigenvalue weighted by Gasteiger charge is -2.18. The summed E-state index contributed by atoms with van der Waals surface area (Å²) in [7, 11) is 0. The molecule has 0 saturated heterocycles. The van der Waals surface area contributed by atoms with Crippen LogP contribution >= 0.6 is 0 Å². The van der Waals surface area contributed by atoms with Crippen LogP contribution < -0.4 is 10.9 Å². The summed E-state index contributed by atoms with van der Waals surface area (Å²) in [6, 6.07) is 15.9. The predicted molar refractivity (Wildman–Crippen MR) is 109 cm³/mol. The molecule has 0 aliphatic carbocycles. The Kier molecular flexibility index (Phi) is 6.73. The fraction of sp³-hybridized carbons (Fsp3) is 0.273. The number of esters is 1. The second-order valence-corrected chi connectivity index (χ2v) is 6.55. The largest absolute Gasteiger partial charge is 0.466 e. The maximum Gasteiger partial charge on any atom is 0.308 e. The third kappa shape index (κ3) is 5.28. The van der Waals surface area contributed by atoms with E-state index >= 15 is 0 Å². The molecule has 2 aromatic carbocycles. The highest BCUT2D eigenvalue weighted by Gasteiger charge is 2.19. The number of rotatable bonds is 8. The van der Waals surface area contributed by atoms with Crippen LogP contribution in [0.2, 0.25) is 0 Å². The fourth-order valence-corrected chi connectivity index (χ4v) is 3.08. The van der Waals surface area contributed by atoms with Crippen LogP contribution in [0.25, 0.3) is 10.9 Å². The van der Waals surface area contributed by atoms with Gasteiger partial charge in [0.15, 0.2) is 0 Å². The van der Waals surface area contributed by atoms with Gasteiger partial charge in [0.25, 0.3) is 5.56 Å². The number of ether oxygens (including phenoxy) is 1. The molecule has 7 heteroatoms. The Morgan fingerprint density at radius 2 is 1.83 bits per heavy atom. The highest BCUT2D eigenvalue weighted by Crippen LogP contribution is 2.17. The lowest BCUT2D eigenvalue weighted by atomic mass is 10.0. The van der Waals surface area contributed by atoms with E-state index in [1.807, 2.05) is 36.4 Å². The summed E-state index contributed by atoms with van der Waals surface area (Å²) in [4.78, 5) is 41.2. The van der Waals surface area contributed by atoms with Crippen molar-refractivity contribution in [2.24, 2.45) is 0 Å². The van der Waals surface area contributed by atoms with Gasteiger partial charge in [0, 0.05) is 13.0 Å². The van der Waals surface area contributed by atoms with Gasteiger partial charge in [-0.25, -0.2) is 4.98 Å². The smallest absolute Gasteiger partial charge is 0.308 e. The fourth-order valence-electron chi connectivity index (χ4n) is 3.08. The minimum Gasteiger partial charge on any atom is -0.466 e. The average molecular weight is 393 g/mol. The normalized spacial score (nSPS) is 11.8. The summed E-state index contributed by atoms with van der Waals surface area (Å²) in [5, 5.41) is 3.39. The van der Waals surface area contributed by atoms with E-state index in [-0.39, 0.29) is 43.4 Å². The van der Waals surface area contributed by atoms with Gasteiger partial charge in [-0.15, -0.1) is 0 Å². The number of nitrogens with one attached hydrogen (secondary N) is 1. The van der Waals surface area contributed by atoms with Crippen molar-refractivity contribution in [3.05, 3.63) is 76.8 Å². The third-order valence-electron chi connectivity index (χ3n) is 4.52. The van der Waals surface area contributed by atoms with E-state index in [2.05, 4.69) is 10.3 Å². The first kappa shape index (κ1) is 20.3. The number of benzene rings is 2. The molecule has 29 heavy (non-hydrogen) atoms. The summed E-state index contributed by atoms with van der Waals surface area (Å²) in [5.74, 6) is -0.639. The van der Waals surface area contributed by atoms with E-state index in [0.29, 0.717) is 10.9 Å². The Hall–Kier alpha value is -3.48. The summed E-state index contributed by atoms with van der Waals surface area (Å²) >= 11 is 0. The van der Waals surface area contributed by atoms with Crippen LogP contribution in [-0.2, 0) is 20.9 Å². The number of hydrogen-bond acceptors (Lipinski definition) is 5. The molecular weight excluding hydrogens is 370 g/mol. The summed E-state index contributed by atoms with van der Waals surface area (Å²) < 4.78 is 6.44. The minimum absolute atomic E-state index is 0.0427. The van der Waals surface area contributed by atoms with E-state index in [4.69, 9.17) is 4.74 Å². The second-order valence-electron chi connectivity index (χ2n) is 6.55. The molecule has 0 aliphatic rings. The summed E-state index contributed by atoms with van der Waals surface area (Å²) in [6.07, 6.45) is 1.58. The van der Waals surface area contributed by atoms with Crippen LogP contribution in [0.15, 0.2) is 65.7 Å². The Balaban J connectivity index is 1.68. The Labute approximate surface area is 168 Å². The molecule has 7 nitrogen and oxygen atoms in total. The van der Waals surface area contributed by atoms with Crippen molar-refractivity contribution >= 4 is 22.8 Å². The van der Waals surface area contributed by atoms with Gasteiger partial charge in [-0.1, -0.05) is 42.5 Å². The van der Waals surface area contributed by atoms with E-state index < -0.39 is 6.04 Å². The molecule has 0 aliphatic heterocycles. The van der Waals surface area contributed by atoms with Gasteiger partial charge in [0.2, 0.25) is 5.91 Å². The highest BCUT2D eigenvalue weighted by atomic mass is 16.5. The molecule has 1 amide bonds. The average Bonchev–Trinajstić information content (AvgIpc) is 2.74. The molecule has 1 N–H and O–H groups in total. The molecule has 0 saturated carbocycles. The molecule has 150 valence electrons. The van der Waals surface area contributed by atoms with Gasteiger partial charge in [0.1, 0.15) is 0 Å². The minimum atomic E-state index is -0.491. The van der Waals surface area contributed by atoms with Gasteiger partial charge >= 0.3 is 5.97 Å². The Morgan fingerprint density at radius 1 is 1.10 bits per heavy atom. The maximum absolute atomic E-state index is 12.5. The van der Waals surface area contributed by atoms with Crippen molar-refractivity contribution < 1.29 is 14.3 Å². The molecule has 1 unspecified atom stereocenters. The van der Waals surface area contributed by atoms with E-state index in [1.54, 1.807) is 25.1 Å². The first-order chi connectivity index (χ1) is 14.1. The molecule has 3 aromatic rings. The van der Waals surface area contributed by atoms with Gasteiger partial charge in [-0.05, 0) is 24.6 Å². The van der Waals surface area contributed by atoms with Gasteiger partial charge in [-0.3, -0.25) is 19.0 Å². The SMILES string of the molecule is CCOC(=O)CC(NC(=O)CCn1cnc2ccccc2c1=O)c1ccccc1. The molecule has 0 radical (unpaired) electrons. The lowest BCUT2D eigenvalue weighted by Crippen LogP contribution is -2.32. The number of nitrogens with zero attached hydrogens (tertiary/aromatic N) is 2. The van der Waals surface area contributed by atoms with Crippen LogP contribution in [0.5, 0.6) is 0 Å². The van der Waals surface area contributed by atoms with Crippen LogP contribution in [0, 0.1) is 0 Å². The van der Waals surface area contributed by atoms with Crippen LogP contribution in [0.4, 0.5) is 0 Å². The van der Waals surface area contributed by atoms with Crippen LogP contribution in [0.1, 0.15) is 31.4 Å². The first-order valence-electron chi connectivity index (χ1n) is 9.52. The predicted octanol–water partition coefficient (Wildman–Crippen LogP) is 2.60. The standard InChI is InChI=1S/C22H23N3O4/c1-2-29-21(27)14-19(16-8-4-3-5-9-16)24-20(26)12-13-25-15-23-18-11-7-6-10-17(18)22(25)28/h3-11,15,19H,2,12-14H2,1H3,(H,24,26). The van der Waals surface area contributed by atoms with Crippen LogP contribution in [-0.4, -0.2) is 28.0 Å². The number of fused-ring (bicyclic) bond motifs is 1. The van der Waals surface area contributed by atoms with E-state index in [1.165, 1.54) is 10.9 Å². The first-order valence-corrected chi connectivity index (χ1v) is 9.52. The van der Waals surface area contributed by atoms with Crippen molar-refractivity contribution in [1.29, 1.82) is 0 Å². The molecule has 1 aromatic heterocycles. The van der Waals surface area contributed by atoms with E-state index in [9.17, 15) is 14.4 Å². The number of amides is 1. The van der Waals surface area contributed by atoms with Gasteiger partial charge < -0.3 is 10.1 Å². The van der Waals surface area contributed by atoms with Crippen molar-refractivity contribution in [3.63, 3.8) is 0 Å². The zero-order chi connectivity index (χ0) is 20.6. The van der Waals surface area contributed by atoms with Crippen molar-refractivity contribution in [1.82, 2.24) is 14.9 Å². The van der Waals surface area contributed by atoms with Gasteiger partial charge in [-0.2, -0.15) is 0 Å². The molecule has 1 heterocycles. The quantitative estimate of drug-likeness (QED) is 0.594. The topological polar surface area (TPSA) is 90.3 Å². The number of para-hydroxylation sites is 1. The van der Waals surface area contributed by atoms with E-state index in [0.717, 1.165) is 5.56 Å². The molecule has 0 bridgehead atoms. The van der Waals surface area contributed by atoms with Crippen molar-refractivity contribution in [2.45, 2.75) is 32.4 Å². The number of aromatic nitrogens is 2. The monoisotopic (exact) mass is 393 g/mol. The number of aryl methyl sites for hydroxylation is 1. The molecule has 3 rings (SSSR count). The molecule has 0 fully saturated rings.